The highest BCUT2D eigenvalue weighted by atomic mass is 16.6. The summed E-state index contributed by atoms with van der Waals surface area (Å²) >= 11 is 0. The number of H-pyrrole nitrogens is 1. The maximum atomic E-state index is 12.3. The van der Waals surface area contributed by atoms with Crippen LogP contribution >= 0.6 is 0 Å². The van der Waals surface area contributed by atoms with Crippen molar-refractivity contribution in [3.05, 3.63) is 56.2 Å². The third-order valence-electron chi connectivity index (χ3n) is 5.18. The molecule has 0 bridgehead atoms. The fraction of sp³-hybridized carbons (Fsp3) is 0.450. The molecule has 11 nitrogen and oxygen atoms in total. The summed E-state index contributed by atoms with van der Waals surface area (Å²) < 4.78 is 5.88. The number of nitrogens with zero attached hydrogens (tertiary/aromatic N) is 2. The number of aromatic amines is 1. The molecule has 1 saturated heterocycles. The van der Waals surface area contributed by atoms with Crippen LogP contribution in [0, 0.1) is 0 Å². The lowest BCUT2D eigenvalue weighted by Gasteiger charge is -2.38. The van der Waals surface area contributed by atoms with E-state index in [0.29, 0.717) is 5.69 Å². The molecule has 3 rings (SSSR count). The normalized spacial score (nSPS) is 26.6. The summed E-state index contributed by atoms with van der Waals surface area (Å²) in [5, 5.41) is 49.8. The first-order valence-electron chi connectivity index (χ1n) is 9.68. The molecule has 168 valence electrons. The number of aromatic nitrogens is 2. The molecular weight excluding hydrogens is 410 g/mol. The maximum absolute atomic E-state index is 12.3. The Morgan fingerprint density at radius 1 is 1.16 bits per heavy atom. The zero-order valence-corrected chi connectivity index (χ0v) is 16.9. The minimum Gasteiger partial charge on any atom is -0.493 e. The summed E-state index contributed by atoms with van der Waals surface area (Å²) in [5.41, 5.74) is -0.872. The second-order valence-corrected chi connectivity index (χ2v) is 7.58. The second kappa shape index (κ2) is 9.12. The molecule has 1 aliphatic rings. The van der Waals surface area contributed by atoms with Gasteiger partial charge in [0.05, 0.1) is 12.3 Å². The Kier molecular flexibility index (Phi) is 6.72. The molecule has 0 spiro atoms. The summed E-state index contributed by atoms with van der Waals surface area (Å²) in [6.45, 7) is 3.38. The number of hydrogen-bond donors (Lipinski definition) is 6. The highest BCUT2D eigenvalue weighted by Gasteiger charge is 2.43. The first-order chi connectivity index (χ1) is 14.6. The van der Waals surface area contributed by atoms with Crippen LogP contribution in [0.3, 0.4) is 0 Å². The smallest absolute Gasteiger partial charge is 0.335 e. The van der Waals surface area contributed by atoms with Crippen LogP contribution < -0.4 is 11.2 Å². The van der Waals surface area contributed by atoms with E-state index in [0.717, 1.165) is 16.3 Å². The monoisotopic (exact) mass is 435 g/mol. The Balaban J connectivity index is 1.98. The fourth-order valence-corrected chi connectivity index (χ4v) is 3.31. The van der Waals surface area contributed by atoms with Gasteiger partial charge in [0.1, 0.15) is 29.9 Å². The molecule has 0 aliphatic carbocycles. The highest BCUT2D eigenvalue weighted by molar-refractivity contribution is 5.82. The van der Waals surface area contributed by atoms with Crippen LogP contribution in [-0.2, 0) is 4.74 Å². The predicted octanol–water partition coefficient (Wildman–Crippen LogP) is -1.43. The molecule has 2 aromatic rings. The van der Waals surface area contributed by atoms with Gasteiger partial charge in [0, 0.05) is 6.21 Å². The van der Waals surface area contributed by atoms with Crippen LogP contribution in [0.15, 0.2) is 38.8 Å². The lowest BCUT2D eigenvalue weighted by Crippen LogP contribution is -2.57. The molecule has 6 N–H and O–H groups in total. The van der Waals surface area contributed by atoms with E-state index in [1.165, 1.54) is 0 Å². The van der Waals surface area contributed by atoms with Crippen molar-refractivity contribution in [1.82, 2.24) is 9.55 Å². The van der Waals surface area contributed by atoms with Crippen molar-refractivity contribution in [3.8, 4) is 11.6 Å². The number of rotatable bonds is 5. The van der Waals surface area contributed by atoms with E-state index in [1.807, 2.05) is 13.8 Å². The van der Waals surface area contributed by atoms with Crippen molar-refractivity contribution in [2.24, 2.45) is 4.99 Å². The molecule has 1 fully saturated rings. The standard InChI is InChI=1S/C20H25N3O8/c1-9(2)10-3-5-11(6-4-10)23-18(28)12(17(27)22-20(23)30)7-21-14-16(26)15(25)13(8-24)31-19(14)29/h3-7,9,13-16,19,24-26,28-29H,8H2,1-2H3,(H,22,27,30)/t13-,14+,15+,16+,19-/m0/s1. The molecule has 0 unspecified atom stereocenters. The summed E-state index contributed by atoms with van der Waals surface area (Å²) in [6.07, 6.45) is -5.14. The van der Waals surface area contributed by atoms with Gasteiger partial charge in [-0.25, -0.2) is 9.36 Å². The Labute approximate surface area is 176 Å². The van der Waals surface area contributed by atoms with Gasteiger partial charge in [0.2, 0.25) is 5.88 Å². The molecule has 2 heterocycles. The molecular formula is C20H25N3O8. The largest absolute Gasteiger partial charge is 0.493 e. The van der Waals surface area contributed by atoms with Gasteiger partial charge in [-0.05, 0) is 23.6 Å². The van der Waals surface area contributed by atoms with Crippen molar-refractivity contribution >= 4 is 6.21 Å². The van der Waals surface area contributed by atoms with E-state index in [1.54, 1.807) is 24.3 Å². The highest BCUT2D eigenvalue weighted by Crippen LogP contribution is 2.23. The predicted molar refractivity (Wildman–Crippen MR) is 110 cm³/mol. The van der Waals surface area contributed by atoms with Gasteiger partial charge >= 0.3 is 5.69 Å². The molecule has 0 amide bonds. The zero-order valence-electron chi connectivity index (χ0n) is 16.9. The van der Waals surface area contributed by atoms with Gasteiger partial charge < -0.3 is 30.3 Å². The average Bonchev–Trinajstić information content (AvgIpc) is 2.72. The van der Waals surface area contributed by atoms with Crippen LogP contribution in [0.1, 0.15) is 30.9 Å². The van der Waals surface area contributed by atoms with Crippen LogP contribution in [0.5, 0.6) is 5.88 Å². The molecule has 31 heavy (non-hydrogen) atoms. The average molecular weight is 435 g/mol. The Morgan fingerprint density at radius 3 is 2.39 bits per heavy atom. The molecule has 0 radical (unpaired) electrons. The van der Waals surface area contributed by atoms with E-state index < -0.39 is 59.9 Å². The zero-order chi connectivity index (χ0) is 22.9. The van der Waals surface area contributed by atoms with Crippen molar-refractivity contribution < 1.29 is 30.3 Å². The summed E-state index contributed by atoms with van der Waals surface area (Å²) in [6, 6.07) is 5.40. The lowest BCUT2D eigenvalue weighted by molar-refractivity contribution is -0.248. The van der Waals surface area contributed by atoms with Crippen LogP contribution in [0.25, 0.3) is 5.69 Å². The van der Waals surface area contributed by atoms with Crippen molar-refractivity contribution in [3.63, 3.8) is 0 Å². The quantitative estimate of drug-likeness (QED) is 0.310. The van der Waals surface area contributed by atoms with E-state index in [2.05, 4.69) is 9.98 Å². The van der Waals surface area contributed by atoms with E-state index in [4.69, 9.17) is 9.84 Å². The first-order valence-corrected chi connectivity index (χ1v) is 9.68. The minimum atomic E-state index is -1.68. The number of aliphatic hydroxyl groups is 4. The summed E-state index contributed by atoms with van der Waals surface area (Å²) in [4.78, 5) is 30.5. The van der Waals surface area contributed by atoms with E-state index in [9.17, 15) is 30.0 Å². The van der Waals surface area contributed by atoms with Gasteiger partial charge in [0.25, 0.3) is 5.56 Å². The molecule has 1 aliphatic heterocycles. The summed E-state index contributed by atoms with van der Waals surface area (Å²) in [7, 11) is 0. The van der Waals surface area contributed by atoms with E-state index >= 15 is 0 Å². The van der Waals surface area contributed by atoms with Gasteiger partial charge in [-0.2, -0.15) is 0 Å². The fourth-order valence-electron chi connectivity index (χ4n) is 3.31. The van der Waals surface area contributed by atoms with Crippen LogP contribution in [0.2, 0.25) is 0 Å². The molecule has 5 atom stereocenters. The molecule has 11 heteroatoms. The number of aliphatic imine (C=N–C) groups is 1. The van der Waals surface area contributed by atoms with Gasteiger partial charge in [-0.15, -0.1) is 0 Å². The third kappa shape index (κ3) is 4.45. The van der Waals surface area contributed by atoms with Gasteiger partial charge in [-0.3, -0.25) is 14.8 Å². The lowest BCUT2D eigenvalue weighted by atomic mass is 9.97. The second-order valence-electron chi connectivity index (χ2n) is 7.58. The number of aliphatic hydroxyl groups excluding tert-OH is 4. The number of ether oxygens (including phenoxy) is 1. The third-order valence-corrected chi connectivity index (χ3v) is 5.18. The topological polar surface area (TPSA) is 178 Å². The first kappa shape index (κ1) is 22.8. The van der Waals surface area contributed by atoms with E-state index in [-0.39, 0.29) is 5.92 Å². The van der Waals surface area contributed by atoms with Crippen molar-refractivity contribution in [1.29, 1.82) is 0 Å². The number of aromatic hydroxyl groups is 1. The summed E-state index contributed by atoms with van der Waals surface area (Å²) in [5.74, 6) is -0.432. The van der Waals surface area contributed by atoms with Crippen molar-refractivity contribution in [2.75, 3.05) is 6.61 Å². The Hall–Kier alpha value is -2.83. The molecule has 0 saturated carbocycles. The molecule has 1 aromatic heterocycles. The minimum absolute atomic E-state index is 0.258. The Bertz CT molecular complexity index is 1060. The van der Waals surface area contributed by atoms with Crippen LogP contribution in [0.4, 0.5) is 0 Å². The van der Waals surface area contributed by atoms with Crippen LogP contribution in [-0.4, -0.2) is 78.5 Å². The van der Waals surface area contributed by atoms with Gasteiger partial charge in [-0.1, -0.05) is 26.0 Å². The Morgan fingerprint density at radius 2 is 1.81 bits per heavy atom. The molecule has 1 aromatic carbocycles. The SMILES string of the molecule is CC(C)c1ccc(-n2c(O)c(C=N[C@@H]3[C@@H](O)[C@H](O)[C@H](CO)O[C@@H]3O)c(=O)[nH]c2=O)cc1. The maximum Gasteiger partial charge on any atom is 0.335 e. The number of hydrogen-bond acceptors (Lipinski definition) is 9. The van der Waals surface area contributed by atoms with Crippen molar-refractivity contribution in [2.45, 2.75) is 50.4 Å². The number of benzene rings is 1. The van der Waals surface area contributed by atoms with Gasteiger partial charge in [0.15, 0.2) is 6.29 Å². The number of nitrogens with one attached hydrogen (secondary N) is 1.